The van der Waals surface area contributed by atoms with Gasteiger partial charge >= 0.3 is 0 Å². The van der Waals surface area contributed by atoms with Crippen molar-refractivity contribution in [2.45, 2.75) is 346 Å². The van der Waals surface area contributed by atoms with Crippen LogP contribution < -0.4 is 5.32 Å². The molecule has 1 rings (SSSR count). The van der Waals surface area contributed by atoms with Gasteiger partial charge in [0.2, 0.25) is 5.91 Å². The second-order valence-corrected chi connectivity index (χ2v) is 21.1. The monoisotopic (exact) mass is 966 g/mol. The van der Waals surface area contributed by atoms with E-state index in [0.717, 1.165) is 38.5 Å². The third-order valence-electron chi connectivity index (χ3n) is 14.6. The van der Waals surface area contributed by atoms with Gasteiger partial charge in [0.15, 0.2) is 6.29 Å². The Kier molecular flexibility index (Phi) is 47.3. The highest BCUT2D eigenvalue weighted by Crippen LogP contribution is 2.23. The molecule has 6 N–H and O–H groups in total. The molecule has 7 unspecified atom stereocenters. The fourth-order valence-corrected chi connectivity index (χ4v) is 9.87. The van der Waals surface area contributed by atoms with E-state index in [0.29, 0.717) is 12.8 Å². The van der Waals surface area contributed by atoms with Gasteiger partial charge in [-0.2, -0.15) is 0 Å². The van der Waals surface area contributed by atoms with Gasteiger partial charge in [-0.1, -0.05) is 270 Å². The molecule has 0 aromatic heterocycles. The SMILES string of the molecule is CCCCCCCCCCC/C=C\CCCCCCCCCC(=O)NC(COC1OC(CO)C(O)C(O)C1O)C(O)CCCCCCCCCCCCCCCCCCCCCCCCCCC. The van der Waals surface area contributed by atoms with Crippen molar-refractivity contribution in [3.8, 4) is 0 Å². The van der Waals surface area contributed by atoms with E-state index >= 15 is 0 Å². The van der Waals surface area contributed by atoms with E-state index in [1.54, 1.807) is 0 Å². The summed E-state index contributed by atoms with van der Waals surface area (Å²) in [5.74, 6) is -0.143. The molecule has 0 radical (unpaired) electrons. The number of ether oxygens (including phenoxy) is 2. The predicted molar refractivity (Wildman–Crippen MR) is 286 cm³/mol. The second-order valence-electron chi connectivity index (χ2n) is 21.1. The summed E-state index contributed by atoms with van der Waals surface area (Å²) in [5, 5.41) is 54.7. The van der Waals surface area contributed by atoms with Gasteiger partial charge in [-0.3, -0.25) is 4.79 Å². The molecule has 1 amide bonds. The molecule has 404 valence electrons. The van der Waals surface area contributed by atoms with Gasteiger partial charge in [0, 0.05) is 6.42 Å². The minimum atomic E-state index is -1.55. The number of amides is 1. The highest BCUT2D eigenvalue weighted by atomic mass is 16.7. The van der Waals surface area contributed by atoms with Crippen LogP contribution in [0.5, 0.6) is 0 Å². The fourth-order valence-electron chi connectivity index (χ4n) is 9.87. The molecular weight excluding hydrogens is 851 g/mol. The first-order chi connectivity index (χ1) is 33.3. The maximum atomic E-state index is 13.1. The van der Waals surface area contributed by atoms with Crippen LogP contribution in [-0.4, -0.2) is 87.5 Å². The van der Waals surface area contributed by atoms with Crippen LogP contribution >= 0.6 is 0 Å². The number of nitrogens with one attached hydrogen (secondary N) is 1. The van der Waals surface area contributed by atoms with Gasteiger partial charge in [0.1, 0.15) is 24.4 Å². The number of rotatable bonds is 52. The van der Waals surface area contributed by atoms with Crippen molar-refractivity contribution in [3.63, 3.8) is 0 Å². The van der Waals surface area contributed by atoms with Crippen LogP contribution in [0.15, 0.2) is 12.2 Å². The first-order valence-corrected chi connectivity index (χ1v) is 29.9. The molecular formula is C59H115NO8. The zero-order valence-electron chi connectivity index (χ0n) is 44.9. The summed E-state index contributed by atoms with van der Waals surface area (Å²) in [6.45, 7) is 3.88. The summed E-state index contributed by atoms with van der Waals surface area (Å²) in [6, 6.07) is -0.719. The lowest BCUT2D eigenvalue weighted by atomic mass is 9.99. The largest absolute Gasteiger partial charge is 0.394 e. The van der Waals surface area contributed by atoms with Crippen LogP contribution in [0.2, 0.25) is 0 Å². The van der Waals surface area contributed by atoms with Crippen molar-refractivity contribution in [1.29, 1.82) is 0 Å². The van der Waals surface area contributed by atoms with Gasteiger partial charge in [-0.05, 0) is 38.5 Å². The summed E-state index contributed by atoms with van der Waals surface area (Å²) in [4.78, 5) is 13.1. The van der Waals surface area contributed by atoms with Crippen LogP contribution in [0.3, 0.4) is 0 Å². The van der Waals surface area contributed by atoms with Crippen LogP contribution in [0.25, 0.3) is 0 Å². The summed E-state index contributed by atoms with van der Waals surface area (Å²) < 4.78 is 11.3. The van der Waals surface area contributed by atoms with Gasteiger partial charge in [0.25, 0.3) is 0 Å². The van der Waals surface area contributed by atoms with E-state index in [1.807, 2.05) is 0 Å². The lowest BCUT2D eigenvalue weighted by Gasteiger charge is -2.40. The molecule has 0 aromatic carbocycles. The normalized spacial score (nSPS) is 19.5. The number of hydrogen-bond donors (Lipinski definition) is 6. The number of carbonyl (C=O) groups excluding carboxylic acids is 1. The van der Waals surface area contributed by atoms with E-state index in [1.165, 1.54) is 238 Å². The smallest absolute Gasteiger partial charge is 0.220 e. The van der Waals surface area contributed by atoms with Crippen molar-refractivity contribution in [3.05, 3.63) is 12.2 Å². The zero-order chi connectivity index (χ0) is 49.4. The van der Waals surface area contributed by atoms with Gasteiger partial charge in [0.05, 0.1) is 25.4 Å². The highest BCUT2D eigenvalue weighted by Gasteiger charge is 2.44. The molecule has 1 heterocycles. The van der Waals surface area contributed by atoms with Crippen molar-refractivity contribution in [2.24, 2.45) is 0 Å². The number of carbonyl (C=O) groups is 1. The second kappa shape index (κ2) is 49.5. The first kappa shape index (κ1) is 64.9. The van der Waals surface area contributed by atoms with Crippen molar-refractivity contribution >= 4 is 5.91 Å². The van der Waals surface area contributed by atoms with Crippen LogP contribution in [0.4, 0.5) is 0 Å². The molecule has 0 bridgehead atoms. The summed E-state index contributed by atoms with van der Waals surface area (Å²) in [5.41, 5.74) is 0. The Balaban J connectivity index is 2.18. The highest BCUT2D eigenvalue weighted by molar-refractivity contribution is 5.76. The molecule has 0 aromatic rings. The molecule has 68 heavy (non-hydrogen) atoms. The van der Waals surface area contributed by atoms with E-state index < -0.39 is 49.5 Å². The Morgan fingerprint density at radius 1 is 0.485 bits per heavy atom. The minimum absolute atomic E-state index is 0.135. The maximum Gasteiger partial charge on any atom is 0.220 e. The topological polar surface area (TPSA) is 149 Å². The fraction of sp³-hybridized carbons (Fsp3) is 0.949. The summed E-state index contributed by atoms with van der Waals surface area (Å²) in [6.07, 6.45) is 53.9. The number of aliphatic hydroxyl groups is 5. The predicted octanol–water partition coefficient (Wildman–Crippen LogP) is 14.8. The summed E-state index contributed by atoms with van der Waals surface area (Å²) in [7, 11) is 0. The van der Waals surface area contributed by atoms with E-state index in [-0.39, 0.29) is 12.5 Å². The van der Waals surface area contributed by atoms with E-state index in [2.05, 4.69) is 31.3 Å². The van der Waals surface area contributed by atoms with Crippen LogP contribution in [0, 0.1) is 0 Å². The maximum absolute atomic E-state index is 13.1. The molecule has 0 saturated carbocycles. The molecule has 7 atom stereocenters. The van der Waals surface area contributed by atoms with Gasteiger partial charge < -0.3 is 40.3 Å². The summed E-state index contributed by atoms with van der Waals surface area (Å²) >= 11 is 0. The molecule has 9 heteroatoms. The van der Waals surface area contributed by atoms with Crippen LogP contribution in [0.1, 0.15) is 303 Å². The number of aliphatic hydroxyl groups excluding tert-OH is 5. The third kappa shape index (κ3) is 38.6. The molecule has 1 aliphatic rings. The Labute approximate surface area is 420 Å². The molecule has 1 saturated heterocycles. The Morgan fingerprint density at radius 3 is 1.19 bits per heavy atom. The van der Waals surface area contributed by atoms with Crippen molar-refractivity contribution in [1.82, 2.24) is 5.32 Å². The number of allylic oxidation sites excluding steroid dienone is 2. The standard InChI is InChI=1S/C59H115NO8/c1-3-5-7-9-11-13-15-17-19-21-23-25-26-27-28-29-30-32-34-36-38-40-42-44-46-48-53(62)52(51-67-59-58(66)57(65)56(64)54(50-61)68-59)60-55(63)49-47-45-43-41-39-37-35-33-31-24-22-20-18-16-14-12-10-8-6-4-2/h24,31,52-54,56-59,61-62,64-66H,3-23,25-30,32-51H2,1-2H3,(H,60,63)/b31-24-. The average molecular weight is 967 g/mol. The van der Waals surface area contributed by atoms with Crippen molar-refractivity contribution in [2.75, 3.05) is 13.2 Å². The van der Waals surface area contributed by atoms with Crippen LogP contribution in [-0.2, 0) is 14.3 Å². The van der Waals surface area contributed by atoms with Gasteiger partial charge in [-0.25, -0.2) is 0 Å². The van der Waals surface area contributed by atoms with Crippen molar-refractivity contribution < 1.29 is 39.8 Å². The van der Waals surface area contributed by atoms with E-state index in [9.17, 15) is 30.3 Å². The molecule has 1 fully saturated rings. The van der Waals surface area contributed by atoms with E-state index in [4.69, 9.17) is 9.47 Å². The molecule has 0 aliphatic carbocycles. The van der Waals surface area contributed by atoms with Gasteiger partial charge in [-0.15, -0.1) is 0 Å². The Hall–Kier alpha value is -1.07. The zero-order valence-corrected chi connectivity index (χ0v) is 44.9. The average Bonchev–Trinajstić information content (AvgIpc) is 3.34. The molecule has 9 nitrogen and oxygen atoms in total. The first-order valence-electron chi connectivity index (χ1n) is 29.9. The number of unbranched alkanes of at least 4 members (excludes halogenated alkanes) is 40. The minimum Gasteiger partial charge on any atom is -0.394 e. The molecule has 1 aliphatic heterocycles. The Bertz CT molecular complexity index is 1080. The lowest BCUT2D eigenvalue weighted by molar-refractivity contribution is -0.302. The molecule has 0 spiro atoms. The number of hydrogen-bond acceptors (Lipinski definition) is 8. The Morgan fingerprint density at radius 2 is 0.824 bits per heavy atom. The third-order valence-corrected chi connectivity index (χ3v) is 14.6. The quantitative estimate of drug-likeness (QED) is 0.0261. The lowest BCUT2D eigenvalue weighted by Crippen LogP contribution is -2.60.